The number of anilines is 3. The number of likely N-dealkylation sites (tertiary alicyclic amines) is 1. The highest BCUT2D eigenvalue weighted by molar-refractivity contribution is 6.05. The normalized spacial score (nSPS) is 15.4. The zero-order valence-electron chi connectivity index (χ0n) is 25.1. The van der Waals surface area contributed by atoms with Crippen LogP contribution in [-0.4, -0.2) is 64.2 Å². The van der Waals surface area contributed by atoms with Gasteiger partial charge >= 0.3 is 0 Å². The number of aryl methyl sites for hydroxylation is 1. The summed E-state index contributed by atoms with van der Waals surface area (Å²) in [6.07, 6.45) is 6.07. The first-order chi connectivity index (χ1) is 21.7. The van der Waals surface area contributed by atoms with Crippen molar-refractivity contribution in [3.63, 3.8) is 0 Å². The minimum Gasteiger partial charge on any atom is -0.494 e. The molecule has 232 valence electrons. The van der Waals surface area contributed by atoms with Crippen molar-refractivity contribution >= 4 is 45.0 Å². The smallest absolute Gasteiger partial charge is 0.284 e. The molecule has 0 radical (unpaired) electrons. The van der Waals surface area contributed by atoms with Crippen molar-refractivity contribution in [1.29, 1.82) is 0 Å². The van der Waals surface area contributed by atoms with Gasteiger partial charge in [-0.1, -0.05) is 0 Å². The molecule has 1 fully saturated rings. The number of amides is 1. The van der Waals surface area contributed by atoms with Gasteiger partial charge in [-0.3, -0.25) is 9.69 Å². The molecule has 13 heteroatoms. The van der Waals surface area contributed by atoms with Crippen LogP contribution in [0.4, 0.5) is 26.0 Å². The summed E-state index contributed by atoms with van der Waals surface area (Å²) < 4.78 is 48.9. The number of likely N-dealkylation sites (N-methyl/N-ethyl adjacent to an activating group) is 1. The molecule has 2 N–H and O–H groups in total. The standard InChI is InChI=1S/C32H31F2N7O4/c1-40-9-5-6-18(40)10-22(34)32(42)39-25-12-20-23(14-29(25)43-3)35-16-36-31(20)38-26-13-21(33)28(15-30(26)44-4)45-19-7-8-27-24(11-19)37-17-41(27)2/h7-8,10-18H,5-6,9H2,1-4H3,(H,39,42)(H,35,36,38)/b22-10-/t18-/m1/s1. The van der Waals surface area contributed by atoms with Crippen molar-refractivity contribution in [1.82, 2.24) is 24.4 Å². The van der Waals surface area contributed by atoms with E-state index in [1.807, 2.05) is 29.6 Å². The maximum absolute atomic E-state index is 15.4. The third kappa shape index (κ3) is 6.07. The highest BCUT2D eigenvalue weighted by Gasteiger charge is 2.23. The molecule has 0 bridgehead atoms. The predicted octanol–water partition coefficient (Wildman–Crippen LogP) is 6.09. The SMILES string of the molecule is COc1cc2ncnc(Nc3cc(F)c(Oc4ccc5c(c4)ncn5C)cc3OC)c2cc1NC(=O)/C(F)=C/[C@H]1CCCN1C. The first-order valence-electron chi connectivity index (χ1n) is 14.2. The number of imidazole rings is 1. The van der Waals surface area contributed by atoms with E-state index in [9.17, 15) is 9.18 Å². The van der Waals surface area contributed by atoms with Gasteiger partial charge in [-0.05, 0) is 50.7 Å². The maximum atomic E-state index is 15.4. The monoisotopic (exact) mass is 615 g/mol. The van der Waals surface area contributed by atoms with Gasteiger partial charge in [0.15, 0.2) is 17.4 Å². The van der Waals surface area contributed by atoms with Crippen LogP contribution in [0, 0.1) is 5.82 Å². The molecule has 1 aliphatic rings. The predicted molar refractivity (Wildman–Crippen MR) is 167 cm³/mol. The molecular formula is C32H31F2N7O4. The van der Waals surface area contributed by atoms with Crippen molar-refractivity contribution in [3.8, 4) is 23.0 Å². The summed E-state index contributed by atoms with van der Waals surface area (Å²) in [5.74, 6) is -1.23. The van der Waals surface area contributed by atoms with Crippen LogP contribution in [0.3, 0.4) is 0 Å². The molecule has 0 aliphatic carbocycles. The Kier molecular flexibility index (Phi) is 8.18. The van der Waals surface area contributed by atoms with Gasteiger partial charge in [0.05, 0.1) is 48.5 Å². The Balaban J connectivity index is 1.28. The molecule has 1 amide bonds. The number of ether oxygens (including phenoxy) is 3. The second kappa shape index (κ2) is 12.4. The van der Waals surface area contributed by atoms with Crippen molar-refractivity contribution in [2.75, 3.05) is 38.4 Å². The van der Waals surface area contributed by atoms with Crippen molar-refractivity contribution in [2.45, 2.75) is 18.9 Å². The van der Waals surface area contributed by atoms with Crippen LogP contribution in [-0.2, 0) is 11.8 Å². The van der Waals surface area contributed by atoms with Gasteiger partial charge in [0.2, 0.25) is 0 Å². The summed E-state index contributed by atoms with van der Waals surface area (Å²) in [5, 5.41) is 6.14. The number of nitrogens with one attached hydrogen (secondary N) is 2. The van der Waals surface area contributed by atoms with Crippen LogP contribution in [0.25, 0.3) is 21.9 Å². The third-order valence-electron chi connectivity index (χ3n) is 7.77. The zero-order chi connectivity index (χ0) is 31.7. The van der Waals surface area contributed by atoms with Gasteiger partial charge in [0, 0.05) is 42.7 Å². The van der Waals surface area contributed by atoms with Crippen LogP contribution in [0.1, 0.15) is 12.8 Å². The Morgan fingerprint density at radius 1 is 0.978 bits per heavy atom. The number of halogens is 2. The third-order valence-corrected chi connectivity index (χ3v) is 7.77. The molecular weight excluding hydrogens is 584 g/mol. The molecule has 11 nitrogen and oxygen atoms in total. The lowest BCUT2D eigenvalue weighted by Crippen LogP contribution is -2.24. The van der Waals surface area contributed by atoms with E-state index < -0.39 is 17.6 Å². The summed E-state index contributed by atoms with van der Waals surface area (Å²) in [5.41, 5.74) is 2.57. The van der Waals surface area contributed by atoms with E-state index in [1.165, 1.54) is 38.8 Å². The summed E-state index contributed by atoms with van der Waals surface area (Å²) >= 11 is 0. The molecule has 5 aromatic rings. The van der Waals surface area contributed by atoms with Crippen molar-refractivity contribution in [3.05, 3.63) is 72.8 Å². The summed E-state index contributed by atoms with van der Waals surface area (Å²) in [6, 6.07) is 11.0. The highest BCUT2D eigenvalue weighted by atomic mass is 19.1. The quantitative estimate of drug-likeness (QED) is 0.190. The number of benzene rings is 3. The van der Waals surface area contributed by atoms with E-state index in [1.54, 1.807) is 30.6 Å². The number of fused-ring (bicyclic) bond motifs is 2. The summed E-state index contributed by atoms with van der Waals surface area (Å²) in [7, 11) is 6.66. The molecule has 6 rings (SSSR count). The molecule has 1 aliphatic heterocycles. The van der Waals surface area contributed by atoms with E-state index in [2.05, 4.69) is 25.6 Å². The second-order valence-corrected chi connectivity index (χ2v) is 10.7. The van der Waals surface area contributed by atoms with Crippen LogP contribution in [0.5, 0.6) is 23.0 Å². The fraction of sp³-hybridized carbons (Fsp3) is 0.250. The van der Waals surface area contributed by atoms with Crippen LogP contribution in [0.15, 0.2) is 67.0 Å². The van der Waals surface area contributed by atoms with Crippen molar-refractivity contribution < 1.29 is 27.8 Å². The van der Waals surface area contributed by atoms with Crippen LogP contribution in [0.2, 0.25) is 0 Å². The Bertz CT molecular complexity index is 1940. The van der Waals surface area contributed by atoms with Gasteiger partial charge in [-0.2, -0.15) is 0 Å². The lowest BCUT2D eigenvalue weighted by molar-refractivity contribution is -0.114. The van der Waals surface area contributed by atoms with E-state index in [4.69, 9.17) is 14.2 Å². The Morgan fingerprint density at radius 2 is 1.78 bits per heavy atom. The number of carbonyl (C=O) groups excluding carboxylic acids is 1. The number of carbonyl (C=O) groups is 1. The minimum atomic E-state index is -0.902. The van der Waals surface area contributed by atoms with E-state index >= 15 is 4.39 Å². The molecule has 1 atom stereocenters. The van der Waals surface area contributed by atoms with Crippen molar-refractivity contribution in [2.24, 2.45) is 7.05 Å². The topological polar surface area (TPSA) is 116 Å². The summed E-state index contributed by atoms with van der Waals surface area (Å²) in [4.78, 5) is 27.7. The van der Waals surface area contributed by atoms with Gasteiger partial charge in [-0.25, -0.2) is 23.7 Å². The average molecular weight is 616 g/mol. The fourth-order valence-electron chi connectivity index (χ4n) is 5.34. The zero-order valence-corrected chi connectivity index (χ0v) is 25.1. The van der Waals surface area contributed by atoms with Gasteiger partial charge in [0.1, 0.15) is 29.4 Å². The first kappa shape index (κ1) is 29.8. The minimum absolute atomic E-state index is 0.0474. The largest absolute Gasteiger partial charge is 0.494 e. The van der Waals surface area contributed by atoms with Gasteiger partial charge in [0.25, 0.3) is 5.91 Å². The summed E-state index contributed by atoms with van der Waals surface area (Å²) in [6.45, 7) is 0.844. The Hall–Kier alpha value is -5.30. The molecule has 3 heterocycles. The number of nitrogens with zero attached hydrogens (tertiary/aromatic N) is 5. The number of aromatic nitrogens is 4. The number of methoxy groups -OCH3 is 2. The number of hydrogen-bond acceptors (Lipinski definition) is 9. The van der Waals surface area contributed by atoms with Gasteiger partial charge in [-0.15, -0.1) is 0 Å². The molecule has 0 saturated carbocycles. The Labute approximate surface area is 257 Å². The average Bonchev–Trinajstić information content (AvgIpc) is 3.62. The molecule has 2 aromatic heterocycles. The lowest BCUT2D eigenvalue weighted by Gasteiger charge is -2.17. The first-order valence-corrected chi connectivity index (χ1v) is 14.2. The van der Waals surface area contributed by atoms with Crippen LogP contribution < -0.4 is 24.8 Å². The molecule has 0 unspecified atom stereocenters. The number of rotatable bonds is 9. The van der Waals surface area contributed by atoms with Crippen LogP contribution >= 0.6 is 0 Å². The maximum Gasteiger partial charge on any atom is 0.284 e. The number of hydrogen-bond donors (Lipinski definition) is 2. The van der Waals surface area contributed by atoms with Gasteiger partial charge < -0.3 is 29.4 Å². The van der Waals surface area contributed by atoms with E-state index in [-0.39, 0.29) is 40.5 Å². The lowest BCUT2D eigenvalue weighted by atomic mass is 10.1. The Morgan fingerprint density at radius 3 is 2.53 bits per heavy atom. The fourth-order valence-corrected chi connectivity index (χ4v) is 5.34. The van der Waals surface area contributed by atoms with E-state index in [0.29, 0.717) is 22.2 Å². The molecule has 1 saturated heterocycles. The van der Waals surface area contributed by atoms with E-state index in [0.717, 1.165) is 24.9 Å². The second-order valence-electron chi connectivity index (χ2n) is 10.7. The molecule has 3 aromatic carbocycles. The molecule has 0 spiro atoms. The molecule has 45 heavy (non-hydrogen) atoms. The highest BCUT2D eigenvalue weighted by Crippen LogP contribution is 2.39.